The van der Waals surface area contributed by atoms with Crippen LogP contribution in [0.5, 0.6) is 0 Å². The van der Waals surface area contributed by atoms with Crippen LogP contribution in [0.15, 0.2) is 24.3 Å². The molecule has 1 rings (SSSR count). The van der Waals surface area contributed by atoms with Gasteiger partial charge in [-0.05, 0) is 37.6 Å². The second-order valence-corrected chi connectivity index (χ2v) is 4.41. The fourth-order valence-electron chi connectivity index (χ4n) is 2.04. The van der Waals surface area contributed by atoms with Gasteiger partial charge in [0.2, 0.25) is 0 Å². The monoisotopic (exact) mass is 236 g/mol. The molecule has 0 aromatic heterocycles. The lowest BCUT2D eigenvalue weighted by molar-refractivity contribution is 0.129. The largest absolute Gasteiger partial charge is 0.387 e. The van der Waals surface area contributed by atoms with Gasteiger partial charge >= 0.3 is 0 Å². The van der Waals surface area contributed by atoms with Crippen molar-refractivity contribution in [3.63, 3.8) is 0 Å². The Morgan fingerprint density at radius 3 is 2.41 bits per heavy atom. The van der Waals surface area contributed by atoms with Crippen molar-refractivity contribution in [2.45, 2.75) is 38.3 Å². The van der Waals surface area contributed by atoms with Gasteiger partial charge in [-0.15, -0.1) is 0 Å². The third kappa shape index (κ3) is 4.11. The van der Waals surface area contributed by atoms with Gasteiger partial charge < -0.3 is 16.2 Å². The van der Waals surface area contributed by atoms with Crippen LogP contribution in [-0.2, 0) is 6.42 Å². The number of benzene rings is 1. The van der Waals surface area contributed by atoms with Crippen molar-refractivity contribution in [2.75, 3.05) is 13.6 Å². The summed E-state index contributed by atoms with van der Waals surface area (Å²) >= 11 is 0. The van der Waals surface area contributed by atoms with Crippen molar-refractivity contribution in [3.8, 4) is 0 Å². The molecule has 0 bridgehead atoms. The maximum atomic E-state index is 10.2. The van der Waals surface area contributed by atoms with Gasteiger partial charge in [0.15, 0.2) is 0 Å². The van der Waals surface area contributed by atoms with E-state index in [-0.39, 0.29) is 6.04 Å². The van der Waals surface area contributed by atoms with E-state index in [0.717, 1.165) is 24.8 Å². The number of aliphatic hydroxyl groups is 1. The van der Waals surface area contributed by atoms with E-state index in [1.54, 1.807) is 0 Å². The van der Waals surface area contributed by atoms with E-state index in [4.69, 9.17) is 5.73 Å². The summed E-state index contributed by atoms with van der Waals surface area (Å²) in [6.45, 7) is 2.75. The van der Waals surface area contributed by atoms with Crippen LogP contribution in [0.2, 0.25) is 0 Å². The highest BCUT2D eigenvalue weighted by Gasteiger charge is 2.18. The van der Waals surface area contributed by atoms with Crippen LogP contribution < -0.4 is 11.1 Å². The molecule has 0 fully saturated rings. The van der Waals surface area contributed by atoms with Crippen molar-refractivity contribution in [3.05, 3.63) is 35.4 Å². The lowest BCUT2D eigenvalue weighted by Gasteiger charge is -2.22. The fraction of sp³-hybridized carbons (Fsp3) is 0.571. The van der Waals surface area contributed by atoms with E-state index < -0.39 is 6.10 Å². The molecular formula is C14H24N2O. The molecule has 1 aromatic rings. The molecule has 0 amide bonds. The smallest absolute Gasteiger partial charge is 0.0943 e. The minimum Gasteiger partial charge on any atom is -0.387 e. The molecular weight excluding hydrogens is 212 g/mol. The van der Waals surface area contributed by atoms with Gasteiger partial charge in [-0.25, -0.2) is 0 Å². The Hall–Kier alpha value is -0.900. The van der Waals surface area contributed by atoms with Crippen LogP contribution in [0.4, 0.5) is 0 Å². The van der Waals surface area contributed by atoms with E-state index in [0.29, 0.717) is 6.54 Å². The predicted octanol–water partition coefficient (Wildman–Crippen LogP) is 1.61. The normalized spacial score (nSPS) is 14.6. The summed E-state index contributed by atoms with van der Waals surface area (Å²) in [5, 5.41) is 13.3. The summed E-state index contributed by atoms with van der Waals surface area (Å²) in [5.41, 5.74) is 7.81. The Morgan fingerprint density at radius 1 is 1.29 bits per heavy atom. The first-order valence-electron chi connectivity index (χ1n) is 6.37. The molecule has 0 aliphatic carbocycles. The molecule has 3 nitrogen and oxygen atoms in total. The van der Waals surface area contributed by atoms with E-state index >= 15 is 0 Å². The van der Waals surface area contributed by atoms with Crippen molar-refractivity contribution in [2.24, 2.45) is 5.73 Å². The first-order valence-corrected chi connectivity index (χ1v) is 6.37. The lowest BCUT2D eigenvalue weighted by Crippen LogP contribution is -2.34. The Morgan fingerprint density at radius 2 is 1.94 bits per heavy atom. The van der Waals surface area contributed by atoms with Crippen LogP contribution in [-0.4, -0.2) is 24.7 Å². The molecule has 2 unspecified atom stereocenters. The molecule has 0 aliphatic heterocycles. The zero-order valence-electron chi connectivity index (χ0n) is 10.8. The highest BCUT2D eigenvalue weighted by Crippen LogP contribution is 2.19. The molecule has 2 atom stereocenters. The van der Waals surface area contributed by atoms with E-state index in [9.17, 15) is 5.11 Å². The maximum absolute atomic E-state index is 10.2. The molecule has 4 N–H and O–H groups in total. The lowest BCUT2D eigenvalue weighted by atomic mass is 9.98. The number of nitrogens with two attached hydrogens (primary N) is 1. The second-order valence-electron chi connectivity index (χ2n) is 4.41. The number of nitrogens with one attached hydrogen (secondary N) is 1. The summed E-state index contributed by atoms with van der Waals surface area (Å²) in [6.07, 6.45) is 2.52. The van der Waals surface area contributed by atoms with Gasteiger partial charge in [0.25, 0.3) is 0 Å². The van der Waals surface area contributed by atoms with Gasteiger partial charge in [0.1, 0.15) is 0 Å². The molecule has 96 valence electrons. The second kappa shape index (κ2) is 7.43. The maximum Gasteiger partial charge on any atom is 0.0943 e. The minimum atomic E-state index is -0.487. The van der Waals surface area contributed by atoms with Crippen LogP contribution in [0.1, 0.15) is 37.0 Å². The average Bonchev–Trinajstić information content (AvgIpc) is 2.36. The zero-order chi connectivity index (χ0) is 12.7. The topological polar surface area (TPSA) is 58.3 Å². The molecule has 1 aromatic carbocycles. The van der Waals surface area contributed by atoms with Gasteiger partial charge in [-0.3, -0.25) is 0 Å². The van der Waals surface area contributed by atoms with Crippen molar-refractivity contribution >= 4 is 0 Å². The summed E-state index contributed by atoms with van der Waals surface area (Å²) < 4.78 is 0. The van der Waals surface area contributed by atoms with Crippen LogP contribution in [0.3, 0.4) is 0 Å². The Bertz CT molecular complexity index is 311. The molecule has 3 heteroatoms. The van der Waals surface area contributed by atoms with Crippen LogP contribution >= 0.6 is 0 Å². The molecule has 0 aliphatic rings. The molecule has 0 saturated heterocycles. The molecule has 0 spiro atoms. The summed E-state index contributed by atoms with van der Waals surface area (Å²) in [6, 6.07) is 8.23. The van der Waals surface area contributed by atoms with Crippen molar-refractivity contribution in [1.82, 2.24) is 5.32 Å². The highest BCUT2D eigenvalue weighted by atomic mass is 16.3. The van der Waals surface area contributed by atoms with Gasteiger partial charge in [0.05, 0.1) is 6.10 Å². The number of aliphatic hydroxyl groups excluding tert-OH is 1. The average molecular weight is 236 g/mol. The molecule has 0 radical (unpaired) electrons. The zero-order valence-corrected chi connectivity index (χ0v) is 10.8. The molecule has 0 saturated carbocycles. The number of likely N-dealkylation sites (N-methyl/N-ethyl adjacent to an activating group) is 1. The SMILES string of the molecule is CCCc1ccc(C(O)C(CCN)NC)cc1. The Kier molecular flexibility index (Phi) is 6.19. The first kappa shape index (κ1) is 14.2. The fourth-order valence-corrected chi connectivity index (χ4v) is 2.04. The number of hydrogen-bond acceptors (Lipinski definition) is 3. The third-order valence-corrected chi connectivity index (χ3v) is 3.09. The van der Waals surface area contributed by atoms with Crippen molar-refractivity contribution < 1.29 is 5.11 Å². The summed E-state index contributed by atoms with van der Waals surface area (Å²) in [7, 11) is 1.86. The number of rotatable bonds is 7. The Balaban J connectivity index is 2.70. The number of hydrogen-bond donors (Lipinski definition) is 3. The van der Waals surface area contributed by atoms with Gasteiger partial charge in [0, 0.05) is 6.04 Å². The van der Waals surface area contributed by atoms with Crippen LogP contribution in [0, 0.1) is 0 Å². The highest BCUT2D eigenvalue weighted by molar-refractivity contribution is 5.25. The van der Waals surface area contributed by atoms with Gasteiger partial charge in [-0.2, -0.15) is 0 Å². The van der Waals surface area contributed by atoms with Gasteiger partial charge in [-0.1, -0.05) is 37.6 Å². The molecule has 0 heterocycles. The summed E-state index contributed by atoms with van der Waals surface area (Å²) in [5.74, 6) is 0. The van der Waals surface area contributed by atoms with E-state index in [1.165, 1.54) is 5.56 Å². The Labute approximate surface area is 104 Å². The predicted molar refractivity (Wildman–Crippen MR) is 71.9 cm³/mol. The summed E-state index contributed by atoms with van der Waals surface area (Å²) in [4.78, 5) is 0. The number of aryl methyl sites for hydroxylation is 1. The minimum absolute atomic E-state index is 0.0250. The third-order valence-electron chi connectivity index (χ3n) is 3.09. The molecule has 17 heavy (non-hydrogen) atoms. The van der Waals surface area contributed by atoms with Crippen molar-refractivity contribution in [1.29, 1.82) is 0 Å². The van der Waals surface area contributed by atoms with Crippen LogP contribution in [0.25, 0.3) is 0 Å². The van der Waals surface area contributed by atoms with E-state index in [1.807, 2.05) is 19.2 Å². The standard InChI is InChI=1S/C14H24N2O/c1-3-4-11-5-7-12(8-6-11)14(17)13(16-2)9-10-15/h5-8,13-14,16-17H,3-4,9-10,15H2,1-2H3. The quantitative estimate of drug-likeness (QED) is 0.674. The first-order chi connectivity index (χ1) is 8.22. The van der Waals surface area contributed by atoms with E-state index in [2.05, 4.69) is 24.4 Å².